The lowest BCUT2D eigenvalue weighted by Gasteiger charge is -2.32. The molecule has 1 aliphatic rings. The van der Waals surface area contributed by atoms with Gasteiger partial charge in [-0.1, -0.05) is 32.0 Å². The molecule has 1 aromatic heterocycles. The number of aromatic nitrogens is 1. The van der Waals surface area contributed by atoms with Crippen molar-refractivity contribution in [2.45, 2.75) is 45.4 Å². The fourth-order valence-corrected chi connectivity index (χ4v) is 3.34. The zero-order valence-corrected chi connectivity index (χ0v) is 12.2. The molecule has 1 N–H and O–H groups in total. The van der Waals surface area contributed by atoms with E-state index in [0.717, 1.165) is 47.0 Å². The molecule has 0 bridgehead atoms. The number of carboxylic acids is 1. The number of carbonyl (C=O) groups is 1. The molecule has 104 valence electrons. The molecule has 3 rings (SSSR count). The topological polar surface area (TPSA) is 50.2 Å². The van der Waals surface area contributed by atoms with Crippen molar-refractivity contribution in [1.82, 2.24) is 4.98 Å². The molecular formula is C17H19NO2. The lowest BCUT2D eigenvalue weighted by Crippen LogP contribution is -2.27. The van der Waals surface area contributed by atoms with Crippen molar-refractivity contribution in [3.05, 3.63) is 40.6 Å². The summed E-state index contributed by atoms with van der Waals surface area (Å²) < 4.78 is 0. The number of nitrogens with zero attached hydrogens (tertiary/aromatic N) is 1. The largest absolute Gasteiger partial charge is 0.478 e. The summed E-state index contributed by atoms with van der Waals surface area (Å²) in [6.07, 6.45) is 2.90. The van der Waals surface area contributed by atoms with Gasteiger partial charge in [0.2, 0.25) is 0 Å². The SMILES string of the molecule is Cc1cccc2c(C(=O)O)c3c(nc12)C(C)(C)CCC3. The Morgan fingerprint density at radius 1 is 1.35 bits per heavy atom. The lowest BCUT2D eigenvalue weighted by molar-refractivity contribution is 0.0697. The Balaban J connectivity index is 2.48. The predicted molar refractivity (Wildman–Crippen MR) is 79.4 cm³/mol. The first-order valence-electron chi connectivity index (χ1n) is 7.08. The number of pyridine rings is 1. The van der Waals surface area contributed by atoms with E-state index >= 15 is 0 Å². The number of hydrogen-bond acceptors (Lipinski definition) is 2. The molecule has 0 saturated heterocycles. The highest BCUT2D eigenvalue weighted by Crippen LogP contribution is 2.39. The number of aromatic carboxylic acids is 1. The van der Waals surface area contributed by atoms with Crippen LogP contribution in [-0.2, 0) is 11.8 Å². The Labute approximate surface area is 118 Å². The Bertz CT molecular complexity index is 716. The van der Waals surface area contributed by atoms with Crippen LogP contribution in [0.1, 0.15) is 53.9 Å². The maximum absolute atomic E-state index is 11.8. The smallest absolute Gasteiger partial charge is 0.336 e. The molecule has 20 heavy (non-hydrogen) atoms. The van der Waals surface area contributed by atoms with Gasteiger partial charge in [-0.2, -0.15) is 0 Å². The Kier molecular flexibility index (Phi) is 2.82. The molecule has 0 aliphatic heterocycles. The quantitative estimate of drug-likeness (QED) is 0.855. The molecule has 3 heteroatoms. The summed E-state index contributed by atoms with van der Waals surface area (Å²) in [5.41, 5.74) is 4.19. The van der Waals surface area contributed by atoms with Crippen LogP contribution in [-0.4, -0.2) is 16.1 Å². The van der Waals surface area contributed by atoms with E-state index in [1.54, 1.807) is 0 Å². The number of rotatable bonds is 1. The second-order valence-electron chi connectivity index (χ2n) is 6.33. The second-order valence-corrected chi connectivity index (χ2v) is 6.33. The molecule has 1 heterocycles. The lowest BCUT2D eigenvalue weighted by atomic mass is 9.74. The fraction of sp³-hybridized carbons (Fsp3) is 0.412. The van der Waals surface area contributed by atoms with Crippen molar-refractivity contribution in [2.24, 2.45) is 0 Å². The highest BCUT2D eigenvalue weighted by atomic mass is 16.4. The first-order valence-corrected chi connectivity index (χ1v) is 7.08. The monoisotopic (exact) mass is 269 g/mol. The van der Waals surface area contributed by atoms with E-state index in [2.05, 4.69) is 13.8 Å². The molecule has 0 amide bonds. The molecule has 1 aliphatic carbocycles. The van der Waals surface area contributed by atoms with Crippen molar-refractivity contribution in [1.29, 1.82) is 0 Å². The maximum atomic E-state index is 11.8. The highest BCUT2D eigenvalue weighted by Gasteiger charge is 2.33. The normalized spacial score (nSPS) is 16.9. The van der Waals surface area contributed by atoms with Gasteiger partial charge in [0.1, 0.15) is 0 Å². The van der Waals surface area contributed by atoms with Crippen LogP contribution >= 0.6 is 0 Å². The van der Waals surface area contributed by atoms with Gasteiger partial charge < -0.3 is 5.11 Å². The zero-order chi connectivity index (χ0) is 14.5. The van der Waals surface area contributed by atoms with E-state index in [1.165, 1.54) is 0 Å². The van der Waals surface area contributed by atoms with E-state index in [1.807, 2.05) is 25.1 Å². The maximum Gasteiger partial charge on any atom is 0.336 e. The van der Waals surface area contributed by atoms with Gasteiger partial charge in [-0.3, -0.25) is 4.98 Å². The number of fused-ring (bicyclic) bond motifs is 2. The molecule has 1 aromatic carbocycles. The summed E-state index contributed by atoms with van der Waals surface area (Å²) in [6, 6.07) is 5.77. The van der Waals surface area contributed by atoms with E-state index < -0.39 is 5.97 Å². The zero-order valence-electron chi connectivity index (χ0n) is 12.2. The number of hydrogen-bond donors (Lipinski definition) is 1. The van der Waals surface area contributed by atoms with Crippen LogP contribution < -0.4 is 0 Å². The van der Waals surface area contributed by atoms with Gasteiger partial charge in [-0.05, 0) is 37.3 Å². The minimum atomic E-state index is -0.836. The van der Waals surface area contributed by atoms with Crippen molar-refractivity contribution in [3.8, 4) is 0 Å². The van der Waals surface area contributed by atoms with Crippen molar-refractivity contribution >= 4 is 16.9 Å². The average molecular weight is 269 g/mol. The molecule has 0 radical (unpaired) electrons. The van der Waals surface area contributed by atoms with Gasteiger partial charge >= 0.3 is 5.97 Å². The average Bonchev–Trinajstić information content (AvgIpc) is 2.36. The Morgan fingerprint density at radius 3 is 2.80 bits per heavy atom. The summed E-state index contributed by atoms with van der Waals surface area (Å²) in [6.45, 7) is 6.31. The van der Waals surface area contributed by atoms with Crippen molar-refractivity contribution < 1.29 is 9.90 Å². The van der Waals surface area contributed by atoms with Gasteiger partial charge in [0, 0.05) is 10.8 Å². The van der Waals surface area contributed by atoms with Crippen LogP contribution in [0.15, 0.2) is 18.2 Å². The van der Waals surface area contributed by atoms with Crippen LogP contribution in [0.4, 0.5) is 0 Å². The van der Waals surface area contributed by atoms with E-state index in [-0.39, 0.29) is 5.41 Å². The van der Waals surface area contributed by atoms with Crippen molar-refractivity contribution in [2.75, 3.05) is 0 Å². The molecule has 0 unspecified atom stereocenters. The molecule has 0 fully saturated rings. The summed E-state index contributed by atoms with van der Waals surface area (Å²) in [7, 11) is 0. The van der Waals surface area contributed by atoms with Crippen molar-refractivity contribution in [3.63, 3.8) is 0 Å². The third kappa shape index (κ3) is 1.80. The number of carboxylic acid groups (broad SMARTS) is 1. The van der Waals surface area contributed by atoms with Gasteiger partial charge in [0.05, 0.1) is 16.8 Å². The van der Waals surface area contributed by atoms with E-state index in [9.17, 15) is 9.90 Å². The van der Waals surface area contributed by atoms with Crippen LogP contribution in [0.5, 0.6) is 0 Å². The van der Waals surface area contributed by atoms with E-state index in [4.69, 9.17) is 4.98 Å². The van der Waals surface area contributed by atoms with Crippen LogP contribution in [0.25, 0.3) is 10.9 Å². The first-order chi connectivity index (χ1) is 9.42. The second kappa shape index (κ2) is 4.30. The Hall–Kier alpha value is -1.90. The standard InChI is InChI=1S/C17H19NO2/c1-10-6-4-7-11-13(16(19)20)12-8-5-9-17(2,3)15(12)18-14(10)11/h4,6-7H,5,8-9H2,1-3H3,(H,19,20). The third-order valence-electron chi connectivity index (χ3n) is 4.40. The van der Waals surface area contributed by atoms with E-state index in [0.29, 0.717) is 5.56 Å². The minimum Gasteiger partial charge on any atom is -0.478 e. The predicted octanol–water partition coefficient (Wildman–Crippen LogP) is 3.86. The Morgan fingerprint density at radius 2 is 2.10 bits per heavy atom. The van der Waals surface area contributed by atoms with Crippen LogP contribution in [0.2, 0.25) is 0 Å². The summed E-state index contributed by atoms with van der Waals surface area (Å²) in [4.78, 5) is 16.6. The summed E-state index contributed by atoms with van der Waals surface area (Å²) in [5, 5.41) is 10.4. The molecule has 0 saturated carbocycles. The van der Waals surface area contributed by atoms with Gasteiger partial charge in [-0.25, -0.2) is 4.79 Å². The number of para-hydroxylation sites is 1. The van der Waals surface area contributed by atoms with Crippen LogP contribution in [0, 0.1) is 6.92 Å². The molecule has 0 atom stereocenters. The number of benzene rings is 1. The molecule has 0 spiro atoms. The summed E-state index contributed by atoms with van der Waals surface area (Å²) >= 11 is 0. The third-order valence-corrected chi connectivity index (χ3v) is 4.40. The van der Waals surface area contributed by atoms with Crippen LogP contribution in [0.3, 0.4) is 0 Å². The van der Waals surface area contributed by atoms with Gasteiger partial charge in [0.25, 0.3) is 0 Å². The number of aryl methyl sites for hydroxylation is 1. The molecule has 3 nitrogen and oxygen atoms in total. The van der Waals surface area contributed by atoms with Gasteiger partial charge in [0.15, 0.2) is 0 Å². The highest BCUT2D eigenvalue weighted by molar-refractivity contribution is 6.05. The first kappa shape index (κ1) is 13.1. The van der Waals surface area contributed by atoms with Gasteiger partial charge in [-0.15, -0.1) is 0 Å². The summed E-state index contributed by atoms with van der Waals surface area (Å²) in [5.74, 6) is -0.836. The molecule has 2 aromatic rings. The molecular weight excluding hydrogens is 250 g/mol. The minimum absolute atomic E-state index is 0.0474. The fourth-order valence-electron chi connectivity index (χ4n) is 3.34.